The summed E-state index contributed by atoms with van der Waals surface area (Å²) in [5, 5.41) is 64.7. The van der Waals surface area contributed by atoms with E-state index >= 15 is 28.8 Å². The van der Waals surface area contributed by atoms with Gasteiger partial charge in [0.2, 0.25) is 106 Å². The molecule has 1 aliphatic heterocycles. The summed E-state index contributed by atoms with van der Waals surface area (Å²) >= 11 is 0.788. The molecule has 5 aromatic rings. The number of benzene rings is 4. The third-order valence-electron chi connectivity index (χ3n) is 20.5. The number of aromatic amines is 1. The van der Waals surface area contributed by atoms with Gasteiger partial charge in [0.05, 0.1) is 18.9 Å². The fourth-order valence-electron chi connectivity index (χ4n) is 13.6. The van der Waals surface area contributed by atoms with Crippen LogP contribution in [0.25, 0.3) is 21.7 Å². The number of hydrogen-bond donors (Lipinski definition) is 24. The molecule has 0 aliphatic carbocycles. The summed E-state index contributed by atoms with van der Waals surface area (Å²) in [6, 6.07) is 2.70. The van der Waals surface area contributed by atoms with Gasteiger partial charge in [-0.15, -0.1) is 0 Å². The number of para-hydroxylation sites is 1. The van der Waals surface area contributed by atoms with E-state index in [1.54, 1.807) is 66.7 Å². The van der Waals surface area contributed by atoms with E-state index in [2.05, 4.69) is 74.1 Å². The van der Waals surface area contributed by atoms with Crippen molar-refractivity contribution in [1.82, 2.24) is 74.1 Å². The molecule has 1 aromatic heterocycles. The summed E-state index contributed by atoms with van der Waals surface area (Å²) in [4.78, 5) is 280. The van der Waals surface area contributed by atoms with Crippen molar-refractivity contribution in [2.75, 3.05) is 31.2 Å². The molecule has 18 amide bonds. The number of fused-ring (bicyclic) bond motifs is 2. The van der Waals surface area contributed by atoms with Gasteiger partial charge in [0.15, 0.2) is 0 Å². The van der Waals surface area contributed by atoms with E-state index in [0.29, 0.717) is 38.7 Å². The zero-order valence-corrected chi connectivity index (χ0v) is 72.0. The van der Waals surface area contributed by atoms with Gasteiger partial charge in [0, 0.05) is 81.3 Å². The van der Waals surface area contributed by atoms with Crippen LogP contribution in [0, 0.1) is 0 Å². The van der Waals surface area contributed by atoms with E-state index in [4.69, 9.17) is 44.9 Å². The molecule has 700 valence electrons. The van der Waals surface area contributed by atoms with Crippen molar-refractivity contribution in [1.29, 1.82) is 0 Å². The number of aromatic nitrogens is 1. The minimum Gasteiger partial charge on any atom is -0.492 e. The molecular weight excluding hydrogens is 1710 g/mol. The molecule has 0 unspecified atom stereocenters. The zero-order chi connectivity index (χ0) is 95.4. The number of H-pyrrole nitrogens is 1. The summed E-state index contributed by atoms with van der Waals surface area (Å²) in [7, 11) is 0. The van der Waals surface area contributed by atoms with Crippen molar-refractivity contribution < 1.29 is 116 Å². The van der Waals surface area contributed by atoms with E-state index < -0.39 is 298 Å². The molecule has 1 saturated heterocycles. The number of thioether (sulfide) groups is 1. The third kappa shape index (κ3) is 34.4. The molecule has 0 spiro atoms. The van der Waals surface area contributed by atoms with Crippen LogP contribution in [0.3, 0.4) is 0 Å². The van der Waals surface area contributed by atoms with Crippen molar-refractivity contribution in [2.45, 2.75) is 214 Å². The van der Waals surface area contributed by atoms with Gasteiger partial charge in [-0.25, -0.2) is 0 Å². The molecule has 129 heavy (non-hydrogen) atoms. The maximum atomic E-state index is 15.8. The number of carboxylic acid groups (broad SMARTS) is 2. The van der Waals surface area contributed by atoms with E-state index in [1.807, 2.05) is 0 Å². The number of carbonyl (C=O) groups is 20. The molecule has 1 aliphatic rings. The second-order valence-electron chi connectivity index (χ2n) is 31.0. The van der Waals surface area contributed by atoms with Crippen molar-refractivity contribution in [3.63, 3.8) is 0 Å². The van der Waals surface area contributed by atoms with Gasteiger partial charge in [0.25, 0.3) is 0 Å². The number of aliphatic carboxylic acids is 2. The molecular formula is C83H113N21O24S. The van der Waals surface area contributed by atoms with Gasteiger partial charge in [0.1, 0.15) is 90.4 Å². The van der Waals surface area contributed by atoms with Crippen LogP contribution in [0.15, 0.2) is 97.2 Å². The highest BCUT2D eigenvalue weighted by atomic mass is 32.2. The fraction of sp³-hybridized carbons (Fsp3) is 0.470. The van der Waals surface area contributed by atoms with Crippen LogP contribution < -0.4 is 114 Å². The van der Waals surface area contributed by atoms with Crippen LogP contribution in [0.5, 0.6) is 5.75 Å². The topological polar surface area (TPSA) is 766 Å². The van der Waals surface area contributed by atoms with Crippen LogP contribution in [-0.4, -0.2) is 254 Å². The second-order valence-corrected chi connectivity index (χ2v) is 32.2. The summed E-state index contributed by atoms with van der Waals surface area (Å²) in [5.41, 5.74) is 38.3. The van der Waals surface area contributed by atoms with Crippen LogP contribution in [-0.2, 0) is 115 Å². The first-order valence-electron chi connectivity index (χ1n) is 41.3. The van der Waals surface area contributed by atoms with Crippen molar-refractivity contribution in [3.05, 3.63) is 114 Å². The number of carboxylic acids is 2. The molecule has 0 radical (unpaired) electrons. The number of unbranched alkanes of at least 4 members (excludes halogenated alkanes) is 1. The third-order valence-corrected chi connectivity index (χ3v) is 21.6. The lowest BCUT2D eigenvalue weighted by molar-refractivity contribution is -0.140. The number of nitrogens with one attached hydrogen (secondary N) is 14. The summed E-state index contributed by atoms with van der Waals surface area (Å²) in [6.45, 7) is 3.53. The van der Waals surface area contributed by atoms with Gasteiger partial charge in [-0.3, -0.25) is 95.9 Å². The van der Waals surface area contributed by atoms with Crippen LogP contribution in [0.1, 0.15) is 127 Å². The summed E-state index contributed by atoms with van der Waals surface area (Å²) in [5.74, 6) is -24.3. The highest BCUT2D eigenvalue weighted by Crippen LogP contribution is 2.24. The Morgan fingerprint density at radius 2 is 1.08 bits per heavy atom. The molecule has 0 bridgehead atoms. The predicted molar refractivity (Wildman–Crippen MR) is 464 cm³/mol. The SMILES string of the molecule is CC(=O)N[C@H](CCC(=O)O)C(=O)N[C@H]1CCSC[C@@H](C(=O)N[C@@H](Cc2ccc(OCCN)cc2)C(=O)N[C@@H](Cc2ccc3ccccc3c2)C(=O)N[C@@](C)(CCCCN)C(=O)N[C@@H](CCC(=O)O)C(=O)N[C@@H](CC(N)=O)C(=O)N[C@@H](CC(N)=O)C(N)=O)NC(=O)[C@H](CCC(N)=O)NC(=O)[C@H](Cc2c[nH]c3ccccc23)NC(=O)[C@H]([C@@H](C)O)NC(=O)[C@H](CCC(N)=O)NC1=O. The fourth-order valence-corrected chi connectivity index (χ4v) is 14.7. The Hall–Kier alpha value is -13.9. The smallest absolute Gasteiger partial charge is 0.303 e. The molecule has 4 aromatic carbocycles. The molecule has 2 heterocycles. The first-order chi connectivity index (χ1) is 61.1. The number of aliphatic hydroxyl groups excluding tert-OH is 1. The quantitative estimate of drug-likeness (QED) is 0.0161. The maximum absolute atomic E-state index is 15.8. The standard InChI is InChI=1S/C83H113N21O24S/c1-42(105)69-81(126)100-60(37-48-40-91-51-13-7-6-12-50(48)51)77(122)94-53(20-24-63(86)107)72(117)101-62(41-129-33-28-56(74(119)93-54(75(120)103-69)21-25-64(87)108)95-71(116)52(92-43(2)106)22-26-67(111)112)79(124)97-58(35-44-15-18-49(19-16-44)128-32-31-85)76(121)98-59(36-45-14-17-46-10-4-5-11-47(46)34-45)80(125)104-83(3,29-8-9-30-84)82(127)102-55(23-27-68(113)114)73(118)99-61(39-66(89)110)78(123)96-57(70(90)115)38-65(88)109/h4-7,10-19,34,40,42,52-62,69,91,105H,8-9,20-33,35-39,41,84-85H2,1-3H3,(H2,86,107)(H2,87,108)(H2,88,109)(H2,89,110)(H2,90,115)(H,92,106)(H,93,119)(H,94,122)(H,95,116)(H,96,123)(H,97,124)(H,98,121)(H,99,118)(H,100,126)(H,101,117)(H,102,127)(H,103,120)(H,104,125)(H,111,112)(H,113,114)/t42-,52-,53+,54+,55+,56+,57+,58+,59+,60+,61+,62+,69+,83+/m1/s1. The highest BCUT2D eigenvalue weighted by Gasteiger charge is 2.43. The zero-order valence-electron chi connectivity index (χ0n) is 71.2. The van der Waals surface area contributed by atoms with E-state index in [9.17, 15) is 82.4 Å². The van der Waals surface area contributed by atoms with Gasteiger partial charge in [-0.2, -0.15) is 11.8 Å². The number of rotatable bonds is 46. The Morgan fingerprint density at radius 1 is 0.543 bits per heavy atom. The number of primary amides is 5. The Morgan fingerprint density at radius 3 is 1.67 bits per heavy atom. The van der Waals surface area contributed by atoms with Crippen LogP contribution in [0.2, 0.25) is 0 Å². The highest BCUT2D eigenvalue weighted by molar-refractivity contribution is 7.99. The average Bonchev–Trinajstić information content (AvgIpc) is 1.59. The molecule has 45 nitrogen and oxygen atoms in total. The lowest BCUT2D eigenvalue weighted by Gasteiger charge is -2.34. The number of carbonyl (C=O) groups excluding carboxylic acids is 18. The molecule has 46 heteroatoms. The predicted octanol–water partition coefficient (Wildman–Crippen LogP) is -6.46. The molecule has 31 N–H and O–H groups in total. The largest absolute Gasteiger partial charge is 0.492 e. The number of hydrogen-bond acceptors (Lipinski definition) is 25. The Kier molecular flexibility index (Phi) is 41.1. The summed E-state index contributed by atoms with van der Waals surface area (Å²) < 4.78 is 5.72. The second kappa shape index (κ2) is 51.0. The number of nitrogens with two attached hydrogens (primary N) is 7. The maximum Gasteiger partial charge on any atom is 0.303 e. The number of amides is 18. The molecule has 6 rings (SSSR count). The Balaban J connectivity index is 1.51. The van der Waals surface area contributed by atoms with Gasteiger partial charge < -0.3 is 134 Å². The first kappa shape index (κ1) is 104. The first-order valence-corrected chi connectivity index (χ1v) is 42.4. The van der Waals surface area contributed by atoms with Crippen LogP contribution in [0.4, 0.5) is 0 Å². The van der Waals surface area contributed by atoms with E-state index in [0.717, 1.165) is 31.0 Å². The minimum absolute atomic E-state index is 0.0348. The molecule has 14 atom stereocenters. The molecule has 1 fully saturated rings. The van der Waals surface area contributed by atoms with Crippen molar-refractivity contribution in [2.24, 2.45) is 40.1 Å². The van der Waals surface area contributed by atoms with Gasteiger partial charge >= 0.3 is 11.9 Å². The number of aliphatic hydroxyl groups is 1. The summed E-state index contributed by atoms with van der Waals surface area (Å²) in [6.07, 6.45) is -9.22. The monoisotopic (exact) mass is 1820 g/mol. The van der Waals surface area contributed by atoms with E-state index in [-0.39, 0.29) is 44.7 Å². The lowest BCUT2D eigenvalue weighted by atomic mass is 9.91. The van der Waals surface area contributed by atoms with E-state index in [1.165, 1.54) is 37.4 Å². The Labute approximate surface area is 743 Å². The van der Waals surface area contributed by atoms with Gasteiger partial charge in [-0.1, -0.05) is 72.8 Å². The minimum atomic E-state index is -2.19. The Bertz CT molecular complexity index is 4900. The number of ether oxygens (including phenoxy) is 1. The lowest BCUT2D eigenvalue weighted by Crippen LogP contribution is -2.64. The van der Waals surface area contributed by atoms with Gasteiger partial charge in [-0.05, 0) is 123 Å². The van der Waals surface area contributed by atoms with Crippen LogP contribution >= 0.6 is 11.8 Å². The normalized spacial score (nSPS) is 18.6. The molecule has 0 saturated carbocycles. The average molecular weight is 1820 g/mol. The van der Waals surface area contributed by atoms with Crippen molar-refractivity contribution in [3.8, 4) is 5.75 Å². The van der Waals surface area contributed by atoms with Crippen molar-refractivity contribution >= 4 is 152 Å².